The molecular weight excluding hydrogens is 183 g/mol. The van der Waals surface area contributed by atoms with Gasteiger partial charge in [0.2, 0.25) is 0 Å². The van der Waals surface area contributed by atoms with Crippen LogP contribution in [0.2, 0.25) is 0 Å². The quantitative estimate of drug-likeness (QED) is 0.616. The lowest BCUT2D eigenvalue weighted by molar-refractivity contribution is 0.117. The molecule has 0 heterocycles. The summed E-state index contributed by atoms with van der Waals surface area (Å²) in [6, 6.07) is 0. The molecule has 0 saturated heterocycles. The Hall–Kier alpha value is 0.0700. The summed E-state index contributed by atoms with van der Waals surface area (Å²) < 4.78 is 19.8. The van der Waals surface area contributed by atoms with Crippen molar-refractivity contribution in [1.29, 1.82) is 0 Å². The highest BCUT2D eigenvalue weighted by atomic mass is 31.2. The van der Waals surface area contributed by atoms with E-state index < -0.39 is 7.82 Å². The number of hydrogen-bond acceptors (Lipinski definition) is 4. The molecule has 1 unspecified atom stereocenters. The first-order valence-electron chi connectivity index (χ1n) is 3.74. The number of phosphoric ester groups is 1. The van der Waals surface area contributed by atoms with Crippen molar-refractivity contribution in [2.24, 2.45) is 5.92 Å². The zero-order valence-electron chi connectivity index (χ0n) is 7.27. The van der Waals surface area contributed by atoms with Crippen molar-refractivity contribution < 1.29 is 23.6 Å². The maximum Gasteiger partial charge on any atom is 0.472 e. The zero-order chi connectivity index (χ0) is 9.61. The predicted octanol–water partition coefficient (Wildman–Crippen LogP) is 0.768. The predicted molar refractivity (Wildman–Crippen MR) is 43.7 cm³/mol. The van der Waals surface area contributed by atoms with Gasteiger partial charge in [0.15, 0.2) is 0 Å². The van der Waals surface area contributed by atoms with Crippen molar-refractivity contribution in [1.82, 2.24) is 0 Å². The van der Waals surface area contributed by atoms with Crippen LogP contribution in [-0.4, -0.2) is 29.8 Å². The number of phosphoric acid groups is 1. The van der Waals surface area contributed by atoms with Gasteiger partial charge in [0.25, 0.3) is 0 Å². The topological polar surface area (TPSA) is 76.0 Å². The lowest BCUT2D eigenvalue weighted by atomic mass is 10.2. The van der Waals surface area contributed by atoms with Crippen LogP contribution < -0.4 is 0 Å². The zero-order valence-corrected chi connectivity index (χ0v) is 8.16. The van der Waals surface area contributed by atoms with E-state index in [9.17, 15) is 4.57 Å². The van der Waals surface area contributed by atoms with Crippen LogP contribution in [0.5, 0.6) is 0 Å². The lowest BCUT2D eigenvalue weighted by Crippen LogP contribution is -2.09. The standard InChI is InChI=1S/C6H15O5P/c1-3-10-12(8,9)11-5-6(2)4-7/h6-7H,3-5H2,1-2H3,(H,8,9)/t6-/m0/s1. The van der Waals surface area contributed by atoms with E-state index in [0.717, 1.165) is 0 Å². The fraction of sp³-hybridized carbons (Fsp3) is 1.00. The third-order valence-corrected chi connectivity index (χ3v) is 2.19. The first-order chi connectivity index (χ1) is 5.52. The number of hydrogen-bond donors (Lipinski definition) is 2. The van der Waals surface area contributed by atoms with E-state index in [4.69, 9.17) is 10.00 Å². The van der Waals surface area contributed by atoms with Gasteiger partial charge in [-0.3, -0.25) is 9.05 Å². The molecule has 0 aromatic carbocycles. The Balaban J connectivity index is 3.67. The summed E-state index contributed by atoms with van der Waals surface area (Å²) in [7, 11) is -3.87. The molecule has 0 saturated carbocycles. The molecule has 0 bridgehead atoms. The SMILES string of the molecule is CCOP(=O)(O)OC[C@@H](C)CO. The van der Waals surface area contributed by atoms with Crippen LogP contribution in [0.3, 0.4) is 0 Å². The molecule has 74 valence electrons. The highest BCUT2D eigenvalue weighted by Gasteiger charge is 2.20. The molecule has 0 aliphatic rings. The number of aliphatic hydroxyl groups is 1. The Kier molecular flexibility index (Phi) is 5.70. The summed E-state index contributed by atoms with van der Waals surface area (Å²) in [5.74, 6) is -0.161. The van der Waals surface area contributed by atoms with Crippen molar-refractivity contribution >= 4 is 7.82 Å². The summed E-state index contributed by atoms with van der Waals surface area (Å²) in [6.07, 6.45) is 0. The molecule has 6 heteroatoms. The molecule has 12 heavy (non-hydrogen) atoms. The van der Waals surface area contributed by atoms with Gasteiger partial charge in [-0.05, 0) is 6.92 Å². The average Bonchev–Trinajstić information content (AvgIpc) is 2.00. The maximum absolute atomic E-state index is 10.9. The van der Waals surface area contributed by atoms with E-state index in [1.807, 2.05) is 0 Å². The van der Waals surface area contributed by atoms with Crippen LogP contribution in [-0.2, 0) is 13.6 Å². The molecule has 0 radical (unpaired) electrons. The Labute approximate surface area is 71.9 Å². The van der Waals surface area contributed by atoms with E-state index >= 15 is 0 Å². The molecule has 0 fully saturated rings. The van der Waals surface area contributed by atoms with E-state index in [2.05, 4.69) is 9.05 Å². The molecule has 0 aromatic rings. The average molecular weight is 198 g/mol. The Bertz CT molecular complexity index is 160. The smallest absolute Gasteiger partial charge is 0.396 e. The molecular formula is C6H15O5P. The minimum absolute atomic E-state index is 0.0181. The lowest BCUT2D eigenvalue weighted by Gasteiger charge is -2.13. The highest BCUT2D eigenvalue weighted by Crippen LogP contribution is 2.43. The van der Waals surface area contributed by atoms with E-state index in [-0.39, 0.29) is 25.7 Å². The van der Waals surface area contributed by atoms with Gasteiger partial charge < -0.3 is 10.00 Å². The minimum atomic E-state index is -3.87. The largest absolute Gasteiger partial charge is 0.472 e. The fourth-order valence-electron chi connectivity index (χ4n) is 0.475. The summed E-state index contributed by atoms with van der Waals surface area (Å²) in [5, 5.41) is 8.57. The van der Waals surface area contributed by atoms with Crippen LogP contribution in [0.25, 0.3) is 0 Å². The number of aliphatic hydroxyl groups excluding tert-OH is 1. The third kappa shape index (κ3) is 5.69. The molecule has 0 aliphatic heterocycles. The summed E-state index contributed by atoms with van der Waals surface area (Å²) >= 11 is 0. The molecule has 5 nitrogen and oxygen atoms in total. The molecule has 0 rings (SSSR count). The normalized spacial score (nSPS) is 18.7. The summed E-state index contributed by atoms with van der Waals surface area (Å²) in [4.78, 5) is 8.89. The highest BCUT2D eigenvalue weighted by molar-refractivity contribution is 7.47. The first-order valence-corrected chi connectivity index (χ1v) is 5.24. The Morgan fingerprint density at radius 3 is 2.50 bits per heavy atom. The van der Waals surface area contributed by atoms with Gasteiger partial charge >= 0.3 is 7.82 Å². The molecule has 0 aromatic heterocycles. The van der Waals surface area contributed by atoms with E-state index in [1.165, 1.54) is 0 Å². The monoisotopic (exact) mass is 198 g/mol. The van der Waals surface area contributed by atoms with Gasteiger partial charge in [-0.15, -0.1) is 0 Å². The van der Waals surface area contributed by atoms with Crippen molar-refractivity contribution in [2.75, 3.05) is 19.8 Å². The first kappa shape index (κ1) is 12.1. The van der Waals surface area contributed by atoms with Crippen molar-refractivity contribution in [2.45, 2.75) is 13.8 Å². The van der Waals surface area contributed by atoms with Crippen LogP contribution in [0, 0.1) is 5.92 Å². The fourth-order valence-corrected chi connectivity index (χ4v) is 1.32. The van der Waals surface area contributed by atoms with Crippen LogP contribution in [0.15, 0.2) is 0 Å². The van der Waals surface area contributed by atoms with Crippen molar-refractivity contribution in [3.05, 3.63) is 0 Å². The van der Waals surface area contributed by atoms with Gasteiger partial charge in [0.1, 0.15) is 0 Å². The molecule has 2 N–H and O–H groups in total. The van der Waals surface area contributed by atoms with E-state index in [1.54, 1.807) is 13.8 Å². The Morgan fingerprint density at radius 2 is 2.08 bits per heavy atom. The molecule has 0 spiro atoms. The summed E-state index contributed by atoms with van der Waals surface area (Å²) in [5.41, 5.74) is 0. The van der Waals surface area contributed by atoms with Crippen LogP contribution >= 0.6 is 7.82 Å². The molecule has 2 atom stereocenters. The Morgan fingerprint density at radius 1 is 1.50 bits per heavy atom. The summed E-state index contributed by atoms with van der Waals surface area (Å²) in [6.45, 7) is 3.37. The van der Waals surface area contributed by atoms with Crippen molar-refractivity contribution in [3.63, 3.8) is 0 Å². The second kappa shape index (κ2) is 5.67. The van der Waals surface area contributed by atoms with Crippen molar-refractivity contribution in [3.8, 4) is 0 Å². The van der Waals surface area contributed by atoms with E-state index in [0.29, 0.717) is 0 Å². The second-order valence-electron chi connectivity index (χ2n) is 2.47. The second-order valence-corrected chi connectivity index (χ2v) is 3.92. The van der Waals surface area contributed by atoms with Crippen LogP contribution in [0.4, 0.5) is 0 Å². The maximum atomic E-state index is 10.9. The van der Waals surface area contributed by atoms with Gasteiger partial charge in [0.05, 0.1) is 13.2 Å². The molecule has 0 aliphatic carbocycles. The van der Waals surface area contributed by atoms with Gasteiger partial charge in [-0.1, -0.05) is 6.92 Å². The minimum Gasteiger partial charge on any atom is -0.396 e. The van der Waals surface area contributed by atoms with Crippen LogP contribution in [0.1, 0.15) is 13.8 Å². The third-order valence-electron chi connectivity index (χ3n) is 1.13. The molecule has 0 amide bonds. The van der Waals surface area contributed by atoms with Gasteiger partial charge in [-0.25, -0.2) is 4.57 Å². The van der Waals surface area contributed by atoms with Gasteiger partial charge in [0, 0.05) is 12.5 Å². The number of rotatable bonds is 6. The van der Waals surface area contributed by atoms with Gasteiger partial charge in [-0.2, -0.15) is 0 Å².